The van der Waals surface area contributed by atoms with Gasteiger partial charge in [0.05, 0.1) is 27.7 Å². The Morgan fingerprint density at radius 1 is 1.58 bits per heavy atom. The van der Waals surface area contributed by atoms with Gasteiger partial charge in [0.25, 0.3) is 5.96 Å². The van der Waals surface area contributed by atoms with E-state index in [1.165, 1.54) is 12.1 Å². The van der Waals surface area contributed by atoms with Crippen molar-refractivity contribution >= 4 is 40.8 Å². The average Bonchev–Trinajstić information content (AvgIpc) is 2.51. The second-order valence-electron chi connectivity index (χ2n) is 3.30. The number of nitrogens with one attached hydrogen (secondary N) is 1. The van der Waals surface area contributed by atoms with E-state index in [4.69, 9.17) is 38.6 Å². The van der Waals surface area contributed by atoms with Crippen LogP contribution in [0.25, 0.3) is 0 Å². The Morgan fingerprint density at radius 2 is 2.11 bits per heavy atom. The molecule has 1 aliphatic rings. The highest BCUT2D eigenvalue weighted by molar-refractivity contribution is 6.39. The maximum atomic E-state index is 9.29. The summed E-state index contributed by atoms with van der Waals surface area (Å²) in [4.78, 5) is 12.5. The molecule has 104 valence electrons. The number of aromatic hydroxyl groups is 1. The van der Waals surface area contributed by atoms with Crippen LogP contribution < -0.4 is 15.7 Å². The SMILES string of the molecule is CC(=O)[O-].[2H]C1([2H])N=C(Nc2c(Cl)cc(O)cc2Cl)[NH2+]C1([2H])[2H]. The summed E-state index contributed by atoms with van der Waals surface area (Å²) in [5, 5.41) is 22.1. The molecule has 0 aromatic heterocycles. The van der Waals surface area contributed by atoms with Crippen molar-refractivity contribution in [3.63, 3.8) is 0 Å². The number of carbonyl (C=O) groups excluding carboxylic acids is 1. The maximum Gasteiger partial charge on any atom is 0.299 e. The number of anilines is 1. The Morgan fingerprint density at radius 3 is 2.53 bits per heavy atom. The summed E-state index contributed by atoms with van der Waals surface area (Å²) in [6.07, 6.45) is 0. The predicted octanol–water partition coefficient (Wildman–Crippen LogP) is -0.200. The highest BCUT2D eigenvalue weighted by Crippen LogP contribution is 2.34. The molecule has 0 spiro atoms. The van der Waals surface area contributed by atoms with E-state index >= 15 is 0 Å². The zero-order chi connectivity index (χ0) is 18.0. The first-order valence-corrected chi connectivity index (χ1v) is 5.70. The molecule has 0 saturated heterocycles. The molecule has 1 aliphatic heterocycles. The van der Waals surface area contributed by atoms with E-state index in [0.29, 0.717) is 0 Å². The summed E-state index contributed by atoms with van der Waals surface area (Å²) in [7, 11) is 0. The third-order valence-corrected chi connectivity index (χ3v) is 2.33. The normalized spacial score (nSPS) is 21.7. The Balaban J connectivity index is 0.000000593. The van der Waals surface area contributed by atoms with Crippen LogP contribution in [0.15, 0.2) is 17.1 Å². The van der Waals surface area contributed by atoms with Crippen molar-refractivity contribution in [1.29, 1.82) is 0 Å². The van der Waals surface area contributed by atoms with Gasteiger partial charge in [0.15, 0.2) is 0 Å². The number of hydrogen-bond donors (Lipinski definition) is 3. The van der Waals surface area contributed by atoms with Crippen LogP contribution >= 0.6 is 23.2 Å². The molecule has 4 N–H and O–H groups in total. The molecule has 2 rings (SSSR count). The Kier molecular flexibility index (Phi) is 3.89. The topological polar surface area (TPSA) is 101 Å². The molecule has 0 unspecified atom stereocenters. The van der Waals surface area contributed by atoms with Gasteiger partial charge in [-0.05, 0) is 6.92 Å². The predicted molar refractivity (Wildman–Crippen MR) is 71.5 cm³/mol. The zero-order valence-corrected chi connectivity index (χ0v) is 11.2. The number of phenols is 1. The number of nitrogens with zero attached hydrogens (tertiary/aromatic N) is 1. The van der Waals surface area contributed by atoms with Crippen molar-refractivity contribution in [3.05, 3.63) is 22.2 Å². The second kappa shape index (κ2) is 7.18. The van der Waals surface area contributed by atoms with Crippen molar-refractivity contribution in [2.75, 3.05) is 18.3 Å². The van der Waals surface area contributed by atoms with Crippen LogP contribution in [-0.2, 0) is 4.79 Å². The van der Waals surface area contributed by atoms with E-state index in [9.17, 15) is 5.11 Å². The van der Waals surface area contributed by atoms with E-state index in [0.717, 1.165) is 12.2 Å². The van der Waals surface area contributed by atoms with Crippen LogP contribution in [0, 0.1) is 0 Å². The van der Waals surface area contributed by atoms with Gasteiger partial charge in [-0.1, -0.05) is 23.2 Å². The number of carboxylic acid groups (broad SMARTS) is 1. The van der Waals surface area contributed by atoms with Crippen LogP contribution in [0.2, 0.25) is 10.0 Å². The highest BCUT2D eigenvalue weighted by atomic mass is 35.5. The molecule has 1 aromatic carbocycles. The first-order chi connectivity index (χ1) is 10.4. The first kappa shape index (κ1) is 10.3. The molecule has 0 saturated carbocycles. The molecule has 0 atom stereocenters. The van der Waals surface area contributed by atoms with Gasteiger partial charge in [0.2, 0.25) is 0 Å². The lowest BCUT2D eigenvalue weighted by atomic mass is 10.3. The Bertz CT molecular complexity index is 628. The van der Waals surface area contributed by atoms with Crippen LogP contribution in [0.5, 0.6) is 5.75 Å². The molecule has 0 fully saturated rings. The van der Waals surface area contributed by atoms with E-state index < -0.39 is 19.0 Å². The van der Waals surface area contributed by atoms with Gasteiger partial charge >= 0.3 is 0 Å². The molecule has 19 heavy (non-hydrogen) atoms. The molecule has 1 heterocycles. The Labute approximate surface area is 125 Å². The molecule has 6 nitrogen and oxygen atoms in total. The number of phenolic OH excluding ortho intramolecular Hbond substituents is 1. The third kappa shape index (κ3) is 5.34. The van der Waals surface area contributed by atoms with Crippen molar-refractivity contribution < 1.29 is 25.8 Å². The lowest BCUT2D eigenvalue weighted by Crippen LogP contribution is -2.87. The van der Waals surface area contributed by atoms with E-state index in [1.807, 2.05) is 0 Å². The number of benzene rings is 1. The van der Waals surface area contributed by atoms with Crippen molar-refractivity contribution in [1.82, 2.24) is 0 Å². The Hall–Kier alpha value is -1.50. The standard InChI is InChI=1S/C9H9Cl2N3O.C2H4O2/c10-6-3-5(15)4-7(11)8(6)14-9-12-1-2-13-9;1-2(3)4/h3-4,15H,1-2H2,(H2,12,13,14);1H3,(H,3,4)/i1D2,2D2;. The van der Waals surface area contributed by atoms with Crippen molar-refractivity contribution in [3.8, 4) is 5.75 Å². The largest absolute Gasteiger partial charge is 0.550 e. The molecule has 0 aliphatic carbocycles. The van der Waals surface area contributed by atoms with Crippen LogP contribution in [0.4, 0.5) is 5.69 Å². The number of hydrogen-bond acceptors (Lipinski definition) is 5. The summed E-state index contributed by atoms with van der Waals surface area (Å²) >= 11 is 11.8. The highest BCUT2D eigenvalue weighted by Gasteiger charge is 2.15. The molecular formula is C11H13Cl2N3O3. The average molecular weight is 310 g/mol. The van der Waals surface area contributed by atoms with Gasteiger partial charge in [-0.3, -0.25) is 10.6 Å². The van der Waals surface area contributed by atoms with Gasteiger partial charge in [-0.2, -0.15) is 0 Å². The fraction of sp³-hybridized carbons (Fsp3) is 0.273. The summed E-state index contributed by atoms with van der Waals surface area (Å²) in [5.74, 6) is -1.20. The zero-order valence-electron chi connectivity index (χ0n) is 13.7. The molecule has 8 heteroatoms. The minimum Gasteiger partial charge on any atom is -0.550 e. The fourth-order valence-electron chi connectivity index (χ4n) is 1.10. The van der Waals surface area contributed by atoms with Crippen LogP contribution in [0.3, 0.4) is 0 Å². The number of aliphatic carboxylic acids is 1. The summed E-state index contributed by atoms with van der Waals surface area (Å²) in [5.41, 5.74) is 0.227. The summed E-state index contributed by atoms with van der Waals surface area (Å²) < 4.78 is 29.9. The fourth-order valence-corrected chi connectivity index (χ4v) is 1.67. The number of nitrogens with two attached hydrogens (primary N) is 1. The molecular weight excluding hydrogens is 293 g/mol. The van der Waals surface area contributed by atoms with Gasteiger partial charge < -0.3 is 15.0 Å². The smallest absolute Gasteiger partial charge is 0.299 e. The number of carbonyl (C=O) groups is 1. The monoisotopic (exact) mass is 309 g/mol. The summed E-state index contributed by atoms with van der Waals surface area (Å²) in [6.45, 7) is -3.60. The van der Waals surface area contributed by atoms with E-state index in [2.05, 4.69) is 10.3 Å². The third-order valence-electron chi connectivity index (χ3n) is 1.73. The molecule has 0 radical (unpaired) electrons. The van der Waals surface area contributed by atoms with Gasteiger partial charge in [-0.25, -0.2) is 4.99 Å². The number of guanidine groups is 1. The lowest BCUT2D eigenvalue weighted by molar-refractivity contribution is -0.527. The van der Waals surface area contributed by atoms with Crippen LogP contribution in [-0.4, -0.2) is 30.0 Å². The van der Waals surface area contributed by atoms with Crippen LogP contribution in [0.1, 0.15) is 12.4 Å². The van der Waals surface area contributed by atoms with Gasteiger partial charge in [0.1, 0.15) is 12.2 Å². The first-order valence-electron chi connectivity index (χ1n) is 6.94. The quantitative estimate of drug-likeness (QED) is 0.625. The molecule has 1 aromatic rings. The number of aliphatic imine (C=N–C) groups is 1. The van der Waals surface area contributed by atoms with Crippen molar-refractivity contribution in [2.45, 2.75) is 6.92 Å². The molecule has 0 bridgehead atoms. The van der Waals surface area contributed by atoms with Crippen molar-refractivity contribution in [2.24, 2.45) is 4.99 Å². The molecule has 0 amide bonds. The van der Waals surface area contributed by atoms with Gasteiger partial charge in [-0.15, -0.1) is 0 Å². The number of rotatable bonds is 1. The van der Waals surface area contributed by atoms with E-state index in [1.54, 1.807) is 0 Å². The minimum absolute atomic E-state index is 0.00973. The number of halogens is 2. The number of quaternary nitrogens is 1. The minimum atomic E-state index is -2.36. The summed E-state index contributed by atoms with van der Waals surface area (Å²) in [6, 6.07) is 2.52. The lowest BCUT2D eigenvalue weighted by Gasteiger charge is -2.08. The van der Waals surface area contributed by atoms with E-state index in [-0.39, 0.29) is 27.4 Å². The second-order valence-corrected chi connectivity index (χ2v) is 4.11. The number of carboxylic acids is 1. The van der Waals surface area contributed by atoms with Gasteiger partial charge in [0, 0.05) is 18.1 Å². The maximum absolute atomic E-state index is 9.29.